The minimum absolute atomic E-state index is 0. The average molecular weight is 492 g/mol. The molecule has 26 heavy (non-hydrogen) atoms. The largest absolute Gasteiger partial charge is 0.486 e. The van der Waals surface area contributed by atoms with Gasteiger partial charge in [0.2, 0.25) is 0 Å². The van der Waals surface area contributed by atoms with Crippen molar-refractivity contribution in [3.63, 3.8) is 0 Å². The van der Waals surface area contributed by atoms with Crippen LogP contribution in [0.2, 0.25) is 0 Å². The standard InChI is InChI=1S/C18H25FN4OS.HI/c1-5-20-18(23(4)11-15-12-25-14(3)22-15)21-10-13(2)24-17-9-7-6-8-16(17)19;/h6-9,12-13H,5,10-11H2,1-4H3,(H,20,21);1H. The molecule has 0 aliphatic carbocycles. The number of guanidine groups is 1. The second-order valence-electron chi connectivity index (χ2n) is 5.77. The van der Waals surface area contributed by atoms with Crippen molar-refractivity contribution in [3.8, 4) is 5.75 Å². The quantitative estimate of drug-likeness (QED) is 0.360. The summed E-state index contributed by atoms with van der Waals surface area (Å²) >= 11 is 1.64. The summed E-state index contributed by atoms with van der Waals surface area (Å²) in [5.41, 5.74) is 1.02. The van der Waals surface area contributed by atoms with Gasteiger partial charge >= 0.3 is 0 Å². The number of nitrogens with zero attached hydrogens (tertiary/aromatic N) is 3. The highest BCUT2D eigenvalue weighted by Gasteiger charge is 2.11. The van der Waals surface area contributed by atoms with Gasteiger partial charge < -0.3 is 15.0 Å². The van der Waals surface area contributed by atoms with Gasteiger partial charge in [-0.15, -0.1) is 35.3 Å². The van der Waals surface area contributed by atoms with Gasteiger partial charge in [0.05, 0.1) is 23.8 Å². The Morgan fingerprint density at radius 1 is 1.42 bits per heavy atom. The van der Waals surface area contributed by atoms with Gasteiger partial charge in [0.1, 0.15) is 6.10 Å². The van der Waals surface area contributed by atoms with E-state index in [4.69, 9.17) is 4.74 Å². The molecule has 2 rings (SSSR count). The van der Waals surface area contributed by atoms with Gasteiger partial charge in [-0.05, 0) is 32.9 Å². The molecule has 144 valence electrons. The lowest BCUT2D eigenvalue weighted by Gasteiger charge is -2.22. The SMILES string of the molecule is CCNC(=NCC(C)Oc1ccccc1F)N(C)Cc1csc(C)n1.I. The van der Waals surface area contributed by atoms with Gasteiger partial charge in [-0.1, -0.05) is 12.1 Å². The third kappa shape index (κ3) is 7.06. The Morgan fingerprint density at radius 3 is 2.77 bits per heavy atom. The Hall–Kier alpha value is -1.42. The third-order valence-corrected chi connectivity index (χ3v) is 4.25. The summed E-state index contributed by atoms with van der Waals surface area (Å²) in [7, 11) is 1.97. The first-order valence-electron chi connectivity index (χ1n) is 8.31. The van der Waals surface area contributed by atoms with Crippen LogP contribution in [0.1, 0.15) is 24.5 Å². The van der Waals surface area contributed by atoms with Gasteiger partial charge in [-0.25, -0.2) is 14.4 Å². The van der Waals surface area contributed by atoms with E-state index in [1.165, 1.54) is 6.07 Å². The normalized spacial score (nSPS) is 12.3. The fourth-order valence-electron chi connectivity index (χ4n) is 2.28. The number of nitrogens with one attached hydrogen (secondary N) is 1. The molecular weight excluding hydrogens is 466 g/mol. The number of aromatic nitrogens is 1. The number of benzene rings is 1. The molecule has 1 atom stereocenters. The molecule has 0 radical (unpaired) electrons. The molecule has 0 saturated heterocycles. The molecule has 0 aliphatic rings. The Morgan fingerprint density at radius 2 is 2.15 bits per heavy atom. The number of rotatable bonds is 7. The molecule has 1 aromatic carbocycles. The van der Waals surface area contributed by atoms with Crippen LogP contribution in [-0.2, 0) is 6.54 Å². The van der Waals surface area contributed by atoms with E-state index >= 15 is 0 Å². The highest BCUT2D eigenvalue weighted by Crippen LogP contribution is 2.17. The smallest absolute Gasteiger partial charge is 0.194 e. The number of thiazole rings is 1. The third-order valence-electron chi connectivity index (χ3n) is 3.43. The highest BCUT2D eigenvalue weighted by molar-refractivity contribution is 14.0. The van der Waals surface area contributed by atoms with Crippen molar-refractivity contribution in [1.29, 1.82) is 0 Å². The number of halogens is 2. The fourth-order valence-corrected chi connectivity index (χ4v) is 2.88. The summed E-state index contributed by atoms with van der Waals surface area (Å²) in [5, 5.41) is 6.37. The lowest BCUT2D eigenvalue weighted by molar-refractivity contribution is 0.219. The maximum absolute atomic E-state index is 13.7. The van der Waals surface area contributed by atoms with E-state index in [-0.39, 0.29) is 41.6 Å². The molecule has 0 fully saturated rings. The van der Waals surface area contributed by atoms with Crippen LogP contribution in [0.15, 0.2) is 34.6 Å². The molecule has 1 heterocycles. The predicted molar refractivity (Wildman–Crippen MR) is 116 cm³/mol. The second-order valence-corrected chi connectivity index (χ2v) is 6.83. The van der Waals surface area contributed by atoms with Crippen molar-refractivity contribution < 1.29 is 9.13 Å². The van der Waals surface area contributed by atoms with Crippen LogP contribution in [0.3, 0.4) is 0 Å². The van der Waals surface area contributed by atoms with Crippen LogP contribution in [0.5, 0.6) is 5.75 Å². The van der Waals surface area contributed by atoms with Gasteiger partial charge in [-0.2, -0.15) is 0 Å². The van der Waals surface area contributed by atoms with Crippen LogP contribution >= 0.6 is 35.3 Å². The Kier molecular flexibility index (Phi) is 9.85. The first-order valence-corrected chi connectivity index (χ1v) is 9.19. The molecular formula is C18H26FIN4OS. The summed E-state index contributed by atoms with van der Waals surface area (Å²) in [6.45, 7) is 7.77. The van der Waals surface area contributed by atoms with Crippen molar-refractivity contribution >= 4 is 41.3 Å². The molecule has 0 amide bonds. The molecule has 2 aromatic rings. The number of hydrogen-bond donors (Lipinski definition) is 1. The van der Waals surface area contributed by atoms with E-state index in [1.54, 1.807) is 29.5 Å². The van der Waals surface area contributed by atoms with Crippen LogP contribution in [0, 0.1) is 12.7 Å². The number of hydrogen-bond acceptors (Lipinski definition) is 4. The zero-order chi connectivity index (χ0) is 18.2. The molecule has 1 unspecified atom stereocenters. The number of para-hydroxylation sites is 1. The van der Waals surface area contributed by atoms with E-state index in [2.05, 4.69) is 20.7 Å². The summed E-state index contributed by atoms with van der Waals surface area (Å²) in [6, 6.07) is 6.40. The van der Waals surface area contributed by atoms with E-state index in [9.17, 15) is 4.39 Å². The monoisotopic (exact) mass is 492 g/mol. The van der Waals surface area contributed by atoms with Crippen molar-refractivity contribution in [3.05, 3.63) is 46.2 Å². The average Bonchev–Trinajstić information content (AvgIpc) is 2.98. The minimum Gasteiger partial charge on any atom is -0.486 e. The number of aliphatic imine (C=N–C) groups is 1. The van der Waals surface area contributed by atoms with E-state index in [1.807, 2.05) is 32.7 Å². The summed E-state index contributed by atoms with van der Waals surface area (Å²) in [5.74, 6) is 0.667. The first-order chi connectivity index (χ1) is 12.0. The molecule has 0 bridgehead atoms. The molecule has 5 nitrogen and oxygen atoms in total. The zero-order valence-electron chi connectivity index (χ0n) is 15.5. The predicted octanol–water partition coefficient (Wildman–Crippen LogP) is 4.07. The molecule has 0 saturated carbocycles. The topological polar surface area (TPSA) is 49.8 Å². The first kappa shape index (κ1) is 22.6. The zero-order valence-corrected chi connectivity index (χ0v) is 18.7. The van der Waals surface area contributed by atoms with Crippen LogP contribution < -0.4 is 10.1 Å². The highest BCUT2D eigenvalue weighted by atomic mass is 127. The van der Waals surface area contributed by atoms with Gasteiger partial charge in [0, 0.05) is 19.0 Å². The summed E-state index contributed by atoms with van der Waals surface area (Å²) in [6.07, 6.45) is -0.236. The van der Waals surface area contributed by atoms with E-state index in [0.29, 0.717) is 13.1 Å². The van der Waals surface area contributed by atoms with Gasteiger partial charge in [0.15, 0.2) is 17.5 Å². The maximum atomic E-state index is 13.7. The number of ether oxygens (including phenoxy) is 1. The lowest BCUT2D eigenvalue weighted by atomic mass is 10.3. The van der Waals surface area contributed by atoms with Crippen molar-refractivity contribution in [2.75, 3.05) is 20.1 Å². The fraction of sp³-hybridized carbons (Fsp3) is 0.444. The van der Waals surface area contributed by atoms with Crippen molar-refractivity contribution in [2.45, 2.75) is 33.4 Å². The van der Waals surface area contributed by atoms with Gasteiger partial charge in [-0.3, -0.25) is 0 Å². The molecule has 0 spiro atoms. The molecule has 0 aliphatic heterocycles. The summed E-state index contributed by atoms with van der Waals surface area (Å²) < 4.78 is 19.3. The molecule has 1 aromatic heterocycles. The van der Waals surface area contributed by atoms with Crippen molar-refractivity contribution in [2.24, 2.45) is 4.99 Å². The lowest BCUT2D eigenvalue weighted by Crippen LogP contribution is -2.39. The Labute approximate surface area is 175 Å². The second kappa shape index (κ2) is 11.3. The summed E-state index contributed by atoms with van der Waals surface area (Å²) in [4.78, 5) is 11.1. The Bertz CT molecular complexity index is 710. The maximum Gasteiger partial charge on any atom is 0.194 e. The molecule has 8 heteroatoms. The van der Waals surface area contributed by atoms with Gasteiger partial charge in [0.25, 0.3) is 0 Å². The minimum atomic E-state index is -0.360. The Balaban J connectivity index is 0.00000338. The molecule has 1 N–H and O–H groups in total. The van der Waals surface area contributed by atoms with Crippen molar-refractivity contribution in [1.82, 2.24) is 15.2 Å². The van der Waals surface area contributed by atoms with Crippen LogP contribution in [-0.4, -0.2) is 42.1 Å². The van der Waals surface area contributed by atoms with Crippen LogP contribution in [0.4, 0.5) is 4.39 Å². The number of aryl methyl sites for hydroxylation is 1. The van der Waals surface area contributed by atoms with Crippen LogP contribution in [0.25, 0.3) is 0 Å². The van der Waals surface area contributed by atoms with E-state index < -0.39 is 0 Å². The van der Waals surface area contributed by atoms with E-state index in [0.717, 1.165) is 23.2 Å².